The zero-order valence-electron chi connectivity index (χ0n) is 11.0. The molecule has 0 fully saturated rings. The molecule has 18 heavy (non-hydrogen) atoms. The van der Waals surface area contributed by atoms with E-state index in [1.54, 1.807) is 0 Å². The maximum Gasteiger partial charge on any atom is 0.277 e. The normalized spacial score (nSPS) is 19.2. The summed E-state index contributed by atoms with van der Waals surface area (Å²) >= 11 is 0. The Balaban J connectivity index is 2.08. The first-order chi connectivity index (χ1) is 8.47. The van der Waals surface area contributed by atoms with Crippen molar-refractivity contribution in [2.75, 3.05) is 6.61 Å². The summed E-state index contributed by atoms with van der Waals surface area (Å²) in [4.78, 5) is 17.3. The number of hydrogen-bond acceptors (Lipinski definition) is 3. The first-order valence-electron chi connectivity index (χ1n) is 6.15. The van der Waals surface area contributed by atoms with Crippen molar-refractivity contribution < 1.29 is 14.4 Å². The largest absolute Gasteiger partial charge is 0.363 e. The molecule has 2 rings (SSSR count). The zero-order valence-corrected chi connectivity index (χ0v) is 11.0. The van der Waals surface area contributed by atoms with E-state index in [9.17, 15) is 4.79 Å². The van der Waals surface area contributed by atoms with Gasteiger partial charge in [0.15, 0.2) is 6.10 Å². The first kappa shape index (κ1) is 13.1. The fourth-order valence-corrected chi connectivity index (χ4v) is 1.87. The Kier molecular flexibility index (Phi) is 3.68. The van der Waals surface area contributed by atoms with E-state index in [2.05, 4.69) is 5.48 Å². The molecule has 4 heteroatoms. The van der Waals surface area contributed by atoms with Crippen LogP contribution < -0.4 is 5.48 Å². The Morgan fingerprint density at radius 1 is 1.39 bits per heavy atom. The lowest BCUT2D eigenvalue weighted by Gasteiger charge is -2.26. The molecule has 1 aliphatic heterocycles. The quantitative estimate of drug-likeness (QED) is 0.817. The maximum atomic E-state index is 12.0. The Bertz CT molecular complexity index is 437. The second-order valence-electron chi connectivity index (χ2n) is 5.38. The Morgan fingerprint density at radius 2 is 2.11 bits per heavy atom. The van der Waals surface area contributed by atoms with Crippen LogP contribution in [0.3, 0.4) is 0 Å². The number of nitrogens with one attached hydrogen (secondary N) is 1. The summed E-state index contributed by atoms with van der Waals surface area (Å²) in [7, 11) is 0. The third kappa shape index (κ3) is 3.09. The third-order valence-electron chi connectivity index (χ3n) is 2.69. The SMILES string of the molecule is CC(C)(C)ONC(=O)C1OCCc2ccccc21. The van der Waals surface area contributed by atoms with Gasteiger partial charge in [0.05, 0.1) is 12.2 Å². The third-order valence-corrected chi connectivity index (χ3v) is 2.69. The molecular formula is C14H19NO3. The number of carbonyl (C=O) groups excluding carboxylic acids is 1. The van der Waals surface area contributed by atoms with Crippen LogP contribution in [0.15, 0.2) is 24.3 Å². The molecule has 1 aromatic rings. The average molecular weight is 249 g/mol. The van der Waals surface area contributed by atoms with Crippen LogP contribution in [0, 0.1) is 0 Å². The van der Waals surface area contributed by atoms with Crippen molar-refractivity contribution in [1.29, 1.82) is 0 Å². The summed E-state index contributed by atoms with van der Waals surface area (Å²) in [6.45, 7) is 6.19. The van der Waals surface area contributed by atoms with E-state index in [0.717, 1.165) is 12.0 Å². The molecule has 1 N–H and O–H groups in total. The van der Waals surface area contributed by atoms with Crippen molar-refractivity contribution in [2.24, 2.45) is 0 Å². The van der Waals surface area contributed by atoms with Crippen LogP contribution in [-0.4, -0.2) is 18.1 Å². The van der Waals surface area contributed by atoms with Crippen molar-refractivity contribution >= 4 is 5.91 Å². The van der Waals surface area contributed by atoms with Crippen LogP contribution in [0.1, 0.15) is 38.0 Å². The van der Waals surface area contributed by atoms with E-state index in [-0.39, 0.29) is 5.91 Å². The smallest absolute Gasteiger partial charge is 0.277 e. The van der Waals surface area contributed by atoms with E-state index in [0.29, 0.717) is 6.61 Å². The van der Waals surface area contributed by atoms with Gasteiger partial charge in [0.2, 0.25) is 0 Å². The summed E-state index contributed by atoms with van der Waals surface area (Å²) in [6.07, 6.45) is 0.275. The highest BCUT2D eigenvalue weighted by Crippen LogP contribution is 2.27. The van der Waals surface area contributed by atoms with Gasteiger partial charge in [-0.25, -0.2) is 5.48 Å². The lowest BCUT2D eigenvalue weighted by molar-refractivity contribution is -0.158. The number of benzene rings is 1. The van der Waals surface area contributed by atoms with E-state index in [4.69, 9.17) is 9.57 Å². The molecule has 0 aliphatic carbocycles. The molecule has 0 saturated carbocycles. The Morgan fingerprint density at radius 3 is 2.83 bits per heavy atom. The predicted octanol–water partition coefficient (Wildman–Crippen LogP) is 2.15. The number of hydrogen-bond donors (Lipinski definition) is 1. The predicted molar refractivity (Wildman–Crippen MR) is 67.8 cm³/mol. The number of fused-ring (bicyclic) bond motifs is 1. The van der Waals surface area contributed by atoms with Crippen LogP contribution in [0.4, 0.5) is 0 Å². The minimum atomic E-state index is -0.572. The van der Waals surface area contributed by atoms with Gasteiger partial charge >= 0.3 is 0 Å². The van der Waals surface area contributed by atoms with Crippen LogP contribution in [0.2, 0.25) is 0 Å². The standard InChI is InChI=1S/C14H19NO3/c1-14(2,3)18-15-13(16)12-11-7-5-4-6-10(11)8-9-17-12/h4-7,12H,8-9H2,1-3H3,(H,15,16). The summed E-state index contributed by atoms with van der Waals surface area (Å²) in [5.41, 5.74) is 4.15. The lowest BCUT2D eigenvalue weighted by Crippen LogP contribution is -2.38. The minimum Gasteiger partial charge on any atom is -0.363 e. The van der Waals surface area contributed by atoms with Gasteiger partial charge in [0, 0.05) is 0 Å². The van der Waals surface area contributed by atoms with Crippen LogP contribution in [0.5, 0.6) is 0 Å². The molecular weight excluding hydrogens is 230 g/mol. The molecule has 0 saturated heterocycles. The van der Waals surface area contributed by atoms with E-state index in [1.165, 1.54) is 5.56 Å². The lowest BCUT2D eigenvalue weighted by atomic mass is 9.97. The molecule has 0 bridgehead atoms. The second-order valence-corrected chi connectivity index (χ2v) is 5.38. The second kappa shape index (κ2) is 5.08. The highest BCUT2D eigenvalue weighted by atomic mass is 16.7. The van der Waals surface area contributed by atoms with Gasteiger partial charge < -0.3 is 4.74 Å². The highest BCUT2D eigenvalue weighted by Gasteiger charge is 2.28. The van der Waals surface area contributed by atoms with Crippen LogP contribution >= 0.6 is 0 Å². The van der Waals surface area contributed by atoms with Crippen molar-refractivity contribution in [3.63, 3.8) is 0 Å². The van der Waals surface area contributed by atoms with E-state index < -0.39 is 11.7 Å². The Hall–Kier alpha value is -1.39. The van der Waals surface area contributed by atoms with Gasteiger partial charge in [-0.2, -0.15) is 0 Å². The fraction of sp³-hybridized carbons (Fsp3) is 0.500. The topological polar surface area (TPSA) is 47.6 Å². The van der Waals surface area contributed by atoms with E-state index >= 15 is 0 Å². The monoisotopic (exact) mass is 249 g/mol. The Labute approximate surface area is 107 Å². The van der Waals surface area contributed by atoms with Gasteiger partial charge in [-0.05, 0) is 38.3 Å². The molecule has 1 heterocycles. The molecule has 1 atom stereocenters. The van der Waals surface area contributed by atoms with E-state index in [1.807, 2.05) is 45.0 Å². The van der Waals surface area contributed by atoms with Gasteiger partial charge in [0.1, 0.15) is 0 Å². The summed E-state index contributed by atoms with van der Waals surface area (Å²) < 4.78 is 5.54. The number of hydroxylamine groups is 1. The first-order valence-corrected chi connectivity index (χ1v) is 6.15. The molecule has 0 radical (unpaired) electrons. The average Bonchev–Trinajstić information content (AvgIpc) is 2.34. The van der Waals surface area contributed by atoms with Crippen molar-refractivity contribution in [1.82, 2.24) is 5.48 Å². The van der Waals surface area contributed by atoms with Crippen molar-refractivity contribution in [3.8, 4) is 0 Å². The summed E-state index contributed by atoms with van der Waals surface area (Å²) in [6, 6.07) is 7.85. The van der Waals surface area contributed by atoms with Gasteiger partial charge in [-0.3, -0.25) is 9.63 Å². The number of rotatable bonds is 2. The molecule has 4 nitrogen and oxygen atoms in total. The van der Waals surface area contributed by atoms with Gasteiger partial charge in [-0.1, -0.05) is 24.3 Å². The molecule has 1 amide bonds. The maximum absolute atomic E-state index is 12.0. The fourth-order valence-electron chi connectivity index (χ4n) is 1.87. The van der Waals surface area contributed by atoms with Crippen LogP contribution in [0.25, 0.3) is 0 Å². The molecule has 98 valence electrons. The minimum absolute atomic E-state index is 0.253. The molecule has 1 aliphatic rings. The molecule has 0 spiro atoms. The van der Waals surface area contributed by atoms with Gasteiger partial charge in [0.25, 0.3) is 5.91 Å². The van der Waals surface area contributed by atoms with Crippen molar-refractivity contribution in [2.45, 2.75) is 38.9 Å². The number of carbonyl (C=O) groups is 1. The number of ether oxygens (including phenoxy) is 1. The molecule has 1 aromatic carbocycles. The zero-order chi connectivity index (χ0) is 13.2. The van der Waals surface area contributed by atoms with Gasteiger partial charge in [-0.15, -0.1) is 0 Å². The summed E-state index contributed by atoms with van der Waals surface area (Å²) in [5, 5.41) is 0. The molecule has 1 unspecified atom stereocenters. The molecule has 0 aromatic heterocycles. The van der Waals surface area contributed by atoms with Crippen molar-refractivity contribution in [3.05, 3.63) is 35.4 Å². The summed E-state index contributed by atoms with van der Waals surface area (Å²) in [5.74, 6) is -0.253. The van der Waals surface area contributed by atoms with Crippen LogP contribution in [-0.2, 0) is 20.8 Å². The highest BCUT2D eigenvalue weighted by molar-refractivity contribution is 5.82. The number of amides is 1.